The molecule has 0 spiro atoms. The van der Waals surface area contributed by atoms with Crippen molar-refractivity contribution in [2.75, 3.05) is 0 Å². The predicted molar refractivity (Wildman–Crippen MR) is 38.3 cm³/mol. The predicted octanol–water partition coefficient (Wildman–Crippen LogP) is -1.96. The van der Waals surface area contributed by atoms with Crippen LogP contribution in [0.2, 0.25) is 0 Å². The van der Waals surface area contributed by atoms with Gasteiger partial charge in [0.25, 0.3) is 0 Å². The molecule has 0 radical (unpaired) electrons. The molecule has 7 nitrogen and oxygen atoms in total. The molecular weight excluding hydrogens is 182 g/mol. The van der Waals surface area contributed by atoms with Gasteiger partial charge >= 0.3 is 10.4 Å². The molecule has 0 fully saturated rings. The van der Waals surface area contributed by atoms with Crippen LogP contribution in [0, 0.1) is 0 Å². The molecule has 0 saturated carbocycles. The van der Waals surface area contributed by atoms with Crippen molar-refractivity contribution in [3.8, 4) is 0 Å². The van der Waals surface area contributed by atoms with Gasteiger partial charge in [-0.3, -0.25) is 9.11 Å². The topological polar surface area (TPSA) is 139 Å². The second-order valence-corrected chi connectivity index (χ2v) is 2.29. The Bertz CT molecular complexity index is 177. The van der Waals surface area contributed by atoms with Crippen molar-refractivity contribution in [2.24, 2.45) is 11.6 Å². The first kappa shape index (κ1) is 12.2. The van der Waals surface area contributed by atoms with Gasteiger partial charge in [-0.15, -0.1) is 0 Å². The molecule has 0 amide bonds. The largest absolute Gasteiger partial charge is 0.394 e. The van der Waals surface area contributed by atoms with Gasteiger partial charge < -0.3 is 11.2 Å². The summed E-state index contributed by atoms with van der Waals surface area (Å²) in [7, 11) is -4.67. The molecule has 0 aliphatic rings. The Hall–Kier alpha value is -0.480. The van der Waals surface area contributed by atoms with E-state index >= 15 is 0 Å². The van der Waals surface area contributed by atoms with Crippen LogP contribution in [0.3, 0.4) is 0 Å². The monoisotopic (exact) mass is 189 g/mol. The molecule has 62 valence electrons. The van der Waals surface area contributed by atoms with Gasteiger partial charge in [0.2, 0.25) is 0 Å². The van der Waals surface area contributed by atoms with Crippen LogP contribution in [0.1, 0.15) is 0 Å². The van der Waals surface area contributed by atoms with Gasteiger partial charge in [-0.2, -0.15) is 8.42 Å². The van der Waals surface area contributed by atoms with E-state index in [4.69, 9.17) is 23.3 Å². The van der Waals surface area contributed by atoms with Gasteiger partial charge in [0.15, 0.2) is 5.11 Å². The third-order valence-electron chi connectivity index (χ3n) is 0.142. The summed E-state index contributed by atoms with van der Waals surface area (Å²) in [6.07, 6.45) is 0. The lowest BCUT2D eigenvalue weighted by molar-refractivity contribution is 0.381. The summed E-state index contributed by atoms with van der Waals surface area (Å²) in [5, 5.41) is 0.116. The molecule has 0 rings (SSSR count). The number of thiocarbonyl (C=S) groups is 1. The van der Waals surface area contributed by atoms with E-state index < -0.39 is 10.4 Å². The van der Waals surface area contributed by atoms with E-state index in [1.165, 1.54) is 0 Å². The first-order valence-electron chi connectivity index (χ1n) is 1.73. The van der Waals surface area contributed by atoms with Crippen LogP contribution in [-0.4, -0.2) is 22.6 Å². The van der Waals surface area contributed by atoms with Gasteiger partial charge in [-0.25, -0.2) is 5.84 Å². The van der Waals surface area contributed by atoms with E-state index in [1.54, 1.807) is 0 Å². The normalized spacial score (nSPS) is 9.10. The first-order chi connectivity index (χ1) is 4.27. The molecule has 9 heteroatoms. The number of rotatable bonds is 0. The second kappa shape index (κ2) is 5.32. The Morgan fingerprint density at radius 2 is 1.60 bits per heavy atom. The molecule has 10 heavy (non-hydrogen) atoms. The Morgan fingerprint density at radius 3 is 1.60 bits per heavy atom. The van der Waals surface area contributed by atoms with Crippen molar-refractivity contribution in [2.45, 2.75) is 0 Å². The van der Waals surface area contributed by atoms with E-state index in [-0.39, 0.29) is 5.11 Å². The molecular formula is CH7N3O4S2. The van der Waals surface area contributed by atoms with Crippen molar-refractivity contribution >= 4 is 27.7 Å². The zero-order valence-electron chi connectivity index (χ0n) is 4.68. The van der Waals surface area contributed by atoms with Crippen LogP contribution < -0.4 is 17.0 Å². The van der Waals surface area contributed by atoms with E-state index in [9.17, 15) is 0 Å². The highest BCUT2D eigenvalue weighted by Gasteiger charge is 1.84. The Labute approximate surface area is 62.9 Å². The average molecular weight is 189 g/mol. The van der Waals surface area contributed by atoms with Gasteiger partial charge in [-0.05, 0) is 12.2 Å². The van der Waals surface area contributed by atoms with Crippen molar-refractivity contribution in [3.63, 3.8) is 0 Å². The second-order valence-electron chi connectivity index (χ2n) is 0.956. The summed E-state index contributed by atoms with van der Waals surface area (Å²) < 4.78 is 31.6. The van der Waals surface area contributed by atoms with Crippen LogP contribution in [0.15, 0.2) is 0 Å². The fourth-order valence-corrected chi connectivity index (χ4v) is 0. The Kier molecular flexibility index (Phi) is 6.50. The quantitative estimate of drug-likeness (QED) is 0.128. The average Bonchev–Trinajstić information content (AvgIpc) is 1.61. The maximum Gasteiger partial charge on any atom is 0.394 e. The molecule has 0 heterocycles. The summed E-state index contributed by atoms with van der Waals surface area (Å²) in [5.41, 5.74) is 6.82. The van der Waals surface area contributed by atoms with E-state index in [0.717, 1.165) is 0 Å². The van der Waals surface area contributed by atoms with Gasteiger partial charge in [0.05, 0.1) is 0 Å². The fourth-order valence-electron chi connectivity index (χ4n) is 0. The summed E-state index contributed by atoms with van der Waals surface area (Å²) >= 11 is 4.24. The molecule has 0 unspecified atom stereocenters. The lowest BCUT2D eigenvalue weighted by Gasteiger charge is -1.85. The number of nitrogens with two attached hydrogens (primary N) is 2. The van der Waals surface area contributed by atoms with Gasteiger partial charge in [-0.1, -0.05) is 0 Å². The Balaban J connectivity index is 0. The minimum Gasteiger partial charge on any atom is -0.375 e. The smallest absolute Gasteiger partial charge is 0.375 e. The first-order valence-corrected chi connectivity index (χ1v) is 3.54. The lowest BCUT2D eigenvalue weighted by atomic mass is 11.2. The summed E-state index contributed by atoms with van der Waals surface area (Å²) in [6, 6.07) is 0. The number of hydrazine groups is 1. The third kappa shape index (κ3) is 138. The summed E-state index contributed by atoms with van der Waals surface area (Å²) in [6.45, 7) is 0. The maximum atomic E-state index is 8.74. The molecule has 7 N–H and O–H groups in total. The molecule has 0 aliphatic carbocycles. The Morgan fingerprint density at radius 1 is 1.50 bits per heavy atom. The third-order valence-corrected chi connectivity index (χ3v) is 0.260. The standard InChI is InChI=1S/CH5N3S.H2O4S/c2-1(5)4-3;1-5(2,3)4/h3H2,(H3,2,4,5);(H2,1,2,3,4). The summed E-state index contributed by atoms with van der Waals surface area (Å²) in [4.78, 5) is 0. The molecule has 0 aromatic heterocycles. The number of hydrogen-bond acceptors (Lipinski definition) is 4. The number of hydrogen-bond donors (Lipinski definition) is 5. The van der Waals surface area contributed by atoms with Gasteiger partial charge in [0.1, 0.15) is 0 Å². The van der Waals surface area contributed by atoms with Crippen LogP contribution in [-0.2, 0) is 10.4 Å². The van der Waals surface area contributed by atoms with E-state index in [0.29, 0.717) is 0 Å². The van der Waals surface area contributed by atoms with Crippen LogP contribution in [0.25, 0.3) is 0 Å². The van der Waals surface area contributed by atoms with Crippen molar-refractivity contribution in [1.29, 1.82) is 0 Å². The highest BCUT2D eigenvalue weighted by molar-refractivity contribution is 7.80. The van der Waals surface area contributed by atoms with Crippen molar-refractivity contribution in [3.05, 3.63) is 0 Å². The van der Waals surface area contributed by atoms with E-state index in [2.05, 4.69) is 18.1 Å². The molecule has 0 aromatic rings. The summed E-state index contributed by atoms with van der Waals surface area (Å²) in [5.74, 6) is 4.66. The highest BCUT2D eigenvalue weighted by Crippen LogP contribution is 1.59. The van der Waals surface area contributed by atoms with Gasteiger partial charge in [0, 0.05) is 0 Å². The van der Waals surface area contributed by atoms with Crippen molar-refractivity contribution < 1.29 is 17.5 Å². The SMILES string of the molecule is NNC(N)=S.O=S(=O)(O)O. The number of nitrogens with one attached hydrogen (secondary N) is 1. The fraction of sp³-hybridized carbons (Fsp3) is 0. The highest BCUT2D eigenvalue weighted by atomic mass is 32.3. The van der Waals surface area contributed by atoms with Crippen LogP contribution in [0.4, 0.5) is 0 Å². The van der Waals surface area contributed by atoms with Crippen molar-refractivity contribution in [1.82, 2.24) is 5.43 Å². The minimum atomic E-state index is -4.67. The molecule has 0 atom stereocenters. The minimum absolute atomic E-state index is 0.116. The molecule has 0 aliphatic heterocycles. The molecule has 0 aromatic carbocycles. The molecule has 0 saturated heterocycles. The van der Waals surface area contributed by atoms with Crippen LogP contribution in [0.5, 0.6) is 0 Å². The zero-order chi connectivity index (χ0) is 8.78. The zero-order valence-corrected chi connectivity index (χ0v) is 6.32. The molecule has 0 bridgehead atoms. The van der Waals surface area contributed by atoms with E-state index in [1.807, 2.05) is 5.43 Å². The lowest BCUT2D eigenvalue weighted by Crippen LogP contribution is -2.34. The maximum absolute atomic E-state index is 8.74. The van der Waals surface area contributed by atoms with Crippen LogP contribution >= 0.6 is 12.2 Å².